The predicted molar refractivity (Wildman–Crippen MR) is 23.5 cm³/mol. The Balaban J connectivity index is -0.00000001000. The zero-order chi connectivity index (χ0) is 8.12. The average Bonchev–Trinajstić information content (AvgIpc) is 1.70. The topological polar surface area (TPSA) is 120 Å². The largest absolute Gasteiger partial charge is 1.00 e. The molecule has 0 bridgehead atoms. The normalized spacial score (nSPS) is 3.00. The molecule has 0 rings (SSSR count). The Morgan fingerprint density at radius 2 is 0.583 bits per heavy atom. The molecule has 0 aromatic heterocycles. The van der Waals surface area contributed by atoms with E-state index in [0.717, 1.165) is 0 Å². The van der Waals surface area contributed by atoms with Crippen LogP contribution in [0.1, 0.15) is 0 Å². The minimum Gasteiger partial charge on any atom is -0.591 e. The van der Waals surface area contributed by atoms with Crippen molar-refractivity contribution in [3.8, 4) is 0 Å². The zero-order valence-corrected chi connectivity index (χ0v) is 16.6. The third-order valence-electron chi connectivity index (χ3n) is 0. The van der Waals surface area contributed by atoms with Crippen LogP contribution in [0.25, 0.3) is 0 Å². The van der Waals surface area contributed by atoms with Gasteiger partial charge < -0.3 is 27.8 Å². The van der Waals surface area contributed by atoms with Crippen LogP contribution in [-0.4, -0.2) is 28.9 Å². The molecule has 0 saturated carbocycles. The van der Waals surface area contributed by atoms with Crippen LogP contribution in [0.2, 0.25) is 0 Å². The molecule has 0 aromatic rings. The summed E-state index contributed by atoms with van der Waals surface area (Å²) in [4.78, 5) is 25.4. The van der Waals surface area contributed by atoms with Crippen LogP contribution in [0.5, 0.6) is 0 Å². The van der Waals surface area contributed by atoms with Gasteiger partial charge in [-0.25, -0.2) is 0 Å². The maximum Gasteiger partial charge on any atom is 1.00 e. The van der Waals surface area contributed by atoms with Gasteiger partial charge in [0.15, 0.2) is 0 Å². The standard InChI is InChI=1S/3Na.3HO2Si/c;;;3*1-3-2/h;;;3*3H/q3*+1;3*-1. The van der Waals surface area contributed by atoms with Crippen molar-refractivity contribution in [1.29, 1.82) is 0 Å². The molecule has 12 heteroatoms. The third kappa shape index (κ3) is 272. The smallest absolute Gasteiger partial charge is 0.591 e. The second-order valence-electron chi connectivity index (χ2n) is 0.289. The first-order chi connectivity index (χ1) is 4.24. The summed E-state index contributed by atoms with van der Waals surface area (Å²) in [5.41, 5.74) is 0. The van der Waals surface area contributed by atoms with Crippen LogP contribution in [0.3, 0.4) is 0 Å². The molecule has 0 aliphatic heterocycles. The van der Waals surface area contributed by atoms with E-state index >= 15 is 0 Å². The van der Waals surface area contributed by atoms with Gasteiger partial charge in [0.2, 0.25) is 0 Å². The maximum absolute atomic E-state index is 8.46. The molecule has 0 radical (unpaired) electrons. The van der Waals surface area contributed by atoms with Gasteiger partial charge in [0.25, 0.3) is 0 Å². The molecule has 0 amide bonds. The van der Waals surface area contributed by atoms with Crippen molar-refractivity contribution in [2.24, 2.45) is 0 Å². The summed E-state index contributed by atoms with van der Waals surface area (Å²) in [6, 6.07) is 0. The van der Waals surface area contributed by atoms with Crippen molar-refractivity contribution in [2.45, 2.75) is 0 Å². The molecule has 0 spiro atoms. The average molecular weight is 252 g/mol. The van der Waals surface area contributed by atoms with Gasteiger partial charge >= 0.3 is 88.7 Å². The molecule has 0 unspecified atom stereocenters. The predicted octanol–water partition coefficient (Wildman–Crippen LogP) is -14.9. The van der Waals surface area contributed by atoms with Gasteiger partial charge in [-0.15, -0.1) is 0 Å². The molecule has 0 aromatic carbocycles. The molecular weight excluding hydrogens is 249 g/mol. The first-order valence-electron chi connectivity index (χ1n) is 1.41. The Morgan fingerprint density at radius 3 is 0.583 bits per heavy atom. The molecule has 0 saturated heterocycles. The number of hydrogen-bond acceptors (Lipinski definition) is 6. The summed E-state index contributed by atoms with van der Waals surface area (Å²) in [5.74, 6) is 0. The first kappa shape index (κ1) is 36.6. The van der Waals surface area contributed by atoms with E-state index in [1.165, 1.54) is 0 Å². The van der Waals surface area contributed by atoms with Gasteiger partial charge in [0.05, 0.1) is 0 Å². The van der Waals surface area contributed by atoms with Gasteiger partial charge in [0.1, 0.15) is 28.9 Å². The molecule has 0 atom stereocenters. The fourth-order valence-electron chi connectivity index (χ4n) is 0. The van der Waals surface area contributed by atoms with E-state index in [4.69, 9.17) is 27.8 Å². The Labute approximate surface area is 143 Å². The maximum atomic E-state index is 8.46. The first-order valence-corrected chi connectivity index (χ1v) is 4.24. The Bertz CT molecular complexity index is 54.8. The summed E-state index contributed by atoms with van der Waals surface area (Å²) < 4.78 is 25.4. The van der Waals surface area contributed by atoms with Crippen LogP contribution in [0.4, 0.5) is 0 Å². The van der Waals surface area contributed by atoms with Crippen molar-refractivity contribution in [3.05, 3.63) is 0 Å². The molecular formula is H3Na3O6Si3. The fraction of sp³-hybridized carbons (Fsp3) is 0. The SMILES string of the molecule is O=[SiH][O-].O=[SiH][O-].O=[SiH][O-].[Na+].[Na+].[Na+]. The molecule has 54 valence electrons. The molecule has 0 fully saturated rings. The van der Waals surface area contributed by atoms with Gasteiger partial charge in [-0.05, 0) is 0 Å². The van der Waals surface area contributed by atoms with Crippen molar-refractivity contribution in [2.75, 3.05) is 0 Å². The van der Waals surface area contributed by atoms with Crippen molar-refractivity contribution >= 4 is 28.9 Å². The van der Waals surface area contributed by atoms with E-state index in [-0.39, 0.29) is 88.7 Å². The third-order valence-corrected chi connectivity index (χ3v) is 0. The second-order valence-corrected chi connectivity index (χ2v) is 0.866. The molecule has 0 N–H and O–H groups in total. The fourth-order valence-corrected chi connectivity index (χ4v) is 0. The Morgan fingerprint density at radius 1 is 0.583 bits per heavy atom. The number of hydrogen-bond donors (Lipinski definition) is 0. The van der Waals surface area contributed by atoms with E-state index in [1.54, 1.807) is 0 Å². The summed E-state index contributed by atoms with van der Waals surface area (Å²) in [5, 5.41) is 0. The number of rotatable bonds is 0. The van der Waals surface area contributed by atoms with E-state index in [2.05, 4.69) is 0 Å². The summed E-state index contributed by atoms with van der Waals surface area (Å²) in [7, 11) is -5.25. The van der Waals surface area contributed by atoms with Gasteiger partial charge in [0, 0.05) is 0 Å². The van der Waals surface area contributed by atoms with E-state index < -0.39 is 28.9 Å². The van der Waals surface area contributed by atoms with Crippen LogP contribution < -0.4 is 103 Å². The van der Waals surface area contributed by atoms with Crippen molar-refractivity contribution in [3.63, 3.8) is 0 Å². The molecule has 6 nitrogen and oxygen atoms in total. The Hall–Kier alpha value is 2.45. The van der Waals surface area contributed by atoms with Crippen molar-refractivity contribution in [1.82, 2.24) is 0 Å². The van der Waals surface area contributed by atoms with E-state index in [9.17, 15) is 0 Å². The summed E-state index contributed by atoms with van der Waals surface area (Å²) in [6.07, 6.45) is 0. The molecule has 0 aliphatic rings. The van der Waals surface area contributed by atoms with Gasteiger partial charge in [-0.2, -0.15) is 0 Å². The Kier molecular flexibility index (Phi) is 214. The van der Waals surface area contributed by atoms with E-state index in [1.807, 2.05) is 0 Å². The summed E-state index contributed by atoms with van der Waals surface area (Å²) >= 11 is 0. The minimum absolute atomic E-state index is 0. The van der Waals surface area contributed by atoms with Crippen LogP contribution in [0.15, 0.2) is 0 Å². The quantitative estimate of drug-likeness (QED) is 0.395. The van der Waals surface area contributed by atoms with Crippen LogP contribution >= 0.6 is 0 Å². The summed E-state index contributed by atoms with van der Waals surface area (Å²) in [6.45, 7) is 0. The zero-order valence-electron chi connectivity index (χ0n) is 7.18. The van der Waals surface area contributed by atoms with Crippen LogP contribution in [0, 0.1) is 0 Å². The minimum atomic E-state index is -1.75. The van der Waals surface area contributed by atoms with E-state index in [0.29, 0.717) is 0 Å². The van der Waals surface area contributed by atoms with Crippen LogP contribution in [-0.2, 0) is 13.4 Å². The van der Waals surface area contributed by atoms with Crippen molar-refractivity contribution < 1.29 is 116 Å². The second kappa shape index (κ2) is 70.2. The molecule has 12 heavy (non-hydrogen) atoms. The molecule has 0 heterocycles. The molecule has 0 aliphatic carbocycles. The van der Waals surface area contributed by atoms with Gasteiger partial charge in [-0.3, -0.25) is 0 Å². The monoisotopic (exact) mass is 252 g/mol. The van der Waals surface area contributed by atoms with Gasteiger partial charge in [-0.1, -0.05) is 0 Å².